The number of hydrogen-bond acceptors (Lipinski definition) is 5. The molecule has 1 aromatic carbocycles. The van der Waals surface area contributed by atoms with Crippen molar-refractivity contribution >= 4 is 11.9 Å². The van der Waals surface area contributed by atoms with Gasteiger partial charge in [0.1, 0.15) is 12.2 Å². The molecule has 0 radical (unpaired) electrons. The Morgan fingerprint density at radius 3 is 2.61 bits per heavy atom. The fourth-order valence-corrected chi connectivity index (χ4v) is 6.08. The van der Waals surface area contributed by atoms with Gasteiger partial charge in [0, 0.05) is 18.8 Å². The maximum atomic E-state index is 13.6. The molecular formula is C24H24N2O5. The molecule has 0 N–H and O–H groups in total. The molecule has 2 saturated carbocycles. The second-order valence-corrected chi connectivity index (χ2v) is 9.01. The highest BCUT2D eigenvalue weighted by molar-refractivity contribution is 5.98. The van der Waals surface area contributed by atoms with Crippen LogP contribution in [0.15, 0.2) is 41.3 Å². The summed E-state index contributed by atoms with van der Waals surface area (Å²) < 4.78 is 12.8. The summed E-state index contributed by atoms with van der Waals surface area (Å²) in [5.74, 6) is 0.996. The van der Waals surface area contributed by atoms with E-state index in [0.29, 0.717) is 18.4 Å². The minimum atomic E-state index is -0.683. The monoisotopic (exact) mass is 420 g/mol. The largest absolute Gasteiger partial charge is 0.483 e. The topological polar surface area (TPSA) is 77.8 Å². The van der Waals surface area contributed by atoms with Crippen LogP contribution in [0, 0.1) is 17.8 Å². The van der Waals surface area contributed by atoms with Crippen molar-refractivity contribution < 1.29 is 19.1 Å². The Morgan fingerprint density at radius 1 is 1.06 bits per heavy atom. The number of esters is 1. The first-order valence-electron chi connectivity index (χ1n) is 11.0. The molecular weight excluding hydrogens is 396 g/mol. The van der Waals surface area contributed by atoms with Crippen LogP contribution in [0.2, 0.25) is 0 Å². The number of rotatable bonds is 5. The predicted molar refractivity (Wildman–Crippen MR) is 111 cm³/mol. The second-order valence-electron chi connectivity index (χ2n) is 9.01. The Bertz CT molecular complexity index is 1140. The van der Waals surface area contributed by atoms with E-state index in [0.717, 1.165) is 17.9 Å². The average Bonchev–Trinajstić information content (AvgIpc) is 3.39. The lowest BCUT2D eigenvalue weighted by molar-refractivity contribution is 0.0451. The van der Waals surface area contributed by atoms with E-state index in [1.54, 1.807) is 11.5 Å². The molecule has 31 heavy (non-hydrogen) atoms. The lowest BCUT2D eigenvalue weighted by atomic mass is 9.94. The molecule has 7 nitrogen and oxygen atoms in total. The maximum Gasteiger partial charge on any atom is 0.343 e. The molecule has 5 atom stereocenters. The third-order valence-electron chi connectivity index (χ3n) is 7.44. The maximum absolute atomic E-state index is 13.6. The van der Waals surface area contributed by atoms with Gasteiger partial charge in [-0.3, -0.25) is 9.59 Å². The Kier molecular flexibility index (Phi) is 4.04. The highest BCUT2D eigenvalue weighted by Gasteiger charge is 2.66. The quantitative estimate of drug-likeness (QED) is 0.695. The number of nitrogens with zero attached hydrogens (tertiary/aromatic N) is 2. The first kappa shape index (κ1) is 18.7. The smallest absolute Gasteiger partial charge is 0.343 e. The van der Waals surface area contributed by atoms with Gasteiger partial charge >= 0.3 is 5.97 Å². The number of benzene rings is 1. The van der Waals surface area contributed by atoms with Gasteiger partial charge in [0.15, 0.2) is 11.4 Å². The highest BCUT2D eigenvalue weighted by atomic mass is 16.5. The van der Waals surface area contributed by atoms with E-state index in [2.05, 4.69) is 0 Å². The molecule has 0 spiro atoms. The summed E-state index contributed by atoms with van der Waals surface area (Å²) in [6.45, 7) is 2.59. The van der Waals surface area contributed by atoms with E-state index >= 15 is 0 Å². The van der Waals surface area contributed by atoms with Crippen molar-refractivity contribution in [2.45, 2.75) is 45.0 Å². The first-order chi connectivity index (χ1) is 15.1. The molecule has 2 aromatic rings. The van der Waals surface area contributed by atoms with Gasteiger partial charge in [-0.05, 0) is 43.1 Å². The van der Waals surface area contributed by atoms with Crippen molar-refractivity contribution in [2.75, 3.05) is 6.61 Å². The Morgan fingerprint density at radius 2 is 1.84 bits per heavy atom. The van der Waals surface area contributed by atoms with Gasteiger partial charge in [-0.25, -0.2) is 4.79 Å². The Hall–Kier alpha value is -3.09. The molecule has 1 aromatic heterocycles. The minimum absolute atomic E-state index is 0.0482. The summed E-state index contributed by atoms with van der Waals surface area (Å²) >= 11 is 0. The first-order valence-corrected chi connectivity index (χ1v) is 11.0. The number of ether oxygens (including phenoxy) is 2. The average molecular weight is 420 g/mol. The Balaban J connectivity index is 1.43. The van der Waals surface area contributed by atoms with Crippen LogP contribution >= 0.6 is 0 Å². The van der Waals surface area contributed by atoms with Crippen LogP contribution in [-0.4, -0.2) is 40.0 Å². The number of fused-ring (bicyclic) bond motifs is 9. The molecule has 6 rings (SSSR count). The number of pyridine rings is 1. The lowest BCUT2D eigenvalue weighted by Crippen LogP contribution is -2.53. The number of amides is 1. The summed E-state index contributed by atoms with van der Waals surface area (Å²) in [5.41, 5.74) is 0.475. The van der Waals surface area contributed by atoms with Crippen LogP contribution in [-0.2, 0) is 17.9 Å². The van der Waals surface area contributed by atoms with Crippen LogP contribution in [0.3, 0.4) is 0 Å². The zero-order valence-corrected chi connectivity index (χ0v) is 17.3. The molecule has 3 heterocycles. The van der Waals surface area contributed by atoms with Gasteiger partial charge in [-0.2, -0.15) is 0 Å². The van der Waals surface area contributed by atoms with Crippen molar-refractivity contribution in [3.05, 3.63) is 63.6 Å². The van der Waals surface area contributed by atoms with E-state index in [4.69, 9.17) is 9.47 Å². The molecule has 1 saturated heterocycles. The van der Waals surface area contributed by atoms with Crippen molar-refractivity contribution in [2.24, 2.45) is 17.8 Å². The number of carbonyl (C=O) groups excluding carboxylic acids is 2. The van der Waals surface area contributed by atoms with Crippen molar-refractivity contribution in [1.82, 2.24) is 9.47 Å². The van der Waals surface area contributed by atoms with E-state index in [1.807, 2.05) is 35.2 Å². The molecule has 2 bridgehead atoms. The Labute approximate surface area is 179 Å². The van der Waals surface area contributed by atoms with Crippen molar-refractivity contribution in [3.63, 3.8) is 0 Å². The lowest BCUT2D eigenvalue weighted by Gasteiger charge is -2.40. The van der Waals surface area contributed by atoms with Gasteiger partial charge in [0.2, 0.25) is 5.43 Å². The second kappa shape index (κ2) is 6.70. The zero-order chi connectivity index (χ0) is 21.3. The molecule has 3 fully saturated rings. The van der Waals surface area contributed by atoms with Gasteiger partial charge < -0.3 is 18.9 Å². The van der Waals surface area contributed by atoms with Crippen LogP contribution in [0.25, 0.3) is 0 Å². The third kappa shape index (κ3) is 2.68. The molecule has 2 aliphatic carbocycles. The summed E-state index contributed by atoms with van der Waals surface area (Å²) in [7, 11) is 0. The molecule has 2 aliphatic heterocycles. The van der Waals surface area contributed by atoms with Crippen LogP contribution in [0.4, 0.5) is 0 Å². The van der Waals surface area contributed by atoms with E-state index in [1.165, 1.54) is 12.6 Å². The number of carbonyl (C=O) groups is 2. The normalized spacial score (nSPS) is 29.3. The van der Waals surface area contributed by atoms with E-state index < -0.39 is 11.4 Å². The molecule has 4 aliphatic rings. The molecule has 2 unspecified atom stereocenters. The number of hydrogen-bond donors (Lipinski definition) is 0. The van der Waals surface area contributed by atoms with Gasteiger partial charge in [-0.15, -0.1) is 0 Å². The van der Waals surface area contributed by atoms with Crippen LogP contribution in [0.5, 0.6) is 5.75 Å². The standard InChI is InChI=1S/C24H24N2O5/c1-2-30-24(29)17-10-25-11-19-16-9-18(15-8-14(15)16)26(19)23(28)20(25)22(21(17)27)31-12-13-6-4-3-5-7-13/h3-7,10,14-16,18-19H,2,8-9,11-12H2,1H3/t14-,15+,16?,18?,19+/m1/s1. The van der Waals surface area contributed by atoms with Crippen molar-refractivity contribution in [3.8, 4) is 5.75 Å². The summed E-state index contributed by atoms with van der Waals surface area (Å²) in [5, 5.41) is 0. The third-order valence-corrected chi connectivity index (χ3v) is 7.44. The number of aromatic nitrogens is 1. The summed E-state index contributed by atoms with van der Waals surface area (Å²) in [6, 6.07) is 9.88. The van der Waals surface area contributed by atoms with Gasteiger partial charge in [0.25, 0.3) is 5.91 Å². The molecule has 7 heteroatoms. The fraction of sp³-hybridized carbons (Fsp3) is 0.458. The van der Waals surface area contributed by atoms with Crippen LogP contribution < -0.4 is 10.2 Å². The predicted octanol–water partition coefficient (Wildman–Crippen LogP) is 2.47. The molecule has 160 valence electrons. The molecule has 1 amide bonds. The summed E-state index contributed by atoms with van der Waals surface area (Å²) in [4.78, 5) is 41.3. The van der Waals surface area contributed by atoms with E-state index in [-0.39, 0.29) is 48.2 Å². The minimum Gasteiger partial charge on any atom is -0.483 e. The zero-order valence-electron chi connectivity index (χ0n) is 17.3. The van der Waals surface area contributed by atoms with Crippen molar-refractivity contribution in [1.29, 1.82) is 0 Å². The van der Waals surface area contributed by atoms with Gasteiger partial charge in [0.05, 0.1) is 12.6 Å². The highest BCUT2D eigenvalue weighted by Crippen LogP contribution is 2.64. The van der Waals surface area contributed by atoms with E-state index in [9.17, 15) is 14.4 Å². The fourth-order valence-electron chi connectivity index (χ4n) is 6.08. The number of piperidine rings is 1. The summed E-state index contributed by atoms with van der Waals surface area (Å²) in [6.07, 6.45) is 3.75. The SMILES string of the molecule is CCOC(=O)c1cn2c(c(OCc3ccccc3)c1=O)C(=O)N1C3CC([C@@H]4C[C@H]34)[C@@H]1C2. The van der Waals surface area contributed by atoms with Gasteiger partial charge in [-0.1, -0.05) is 30.3 Å². The van der Waals surface area contributed by atoms with Crippen LogP contribution in [0.1, 0.15) is 46.2 Å².